The van der Waals surface area contributed by atoms with E-state index >= 15 is 0 Å². The number of carbonyl (C=O) groups is 2. The van der Waals surface area contributed by atoms with Gasteiger partial charge in [-0.25, -0.2) is 9.59 Å². The van der Waals surface area contributed by atoms with Gasteiger partial charge in [-0.3, -0.25) is 0 Å². The quantitative estimate of drug-likeness (QED) is 0.500. The summed E-state index contributed by atoms with van der Waals surface area (Å²) in [6, 6.07) is 0. The van der Waals surface area contributed by atoms with Gasteiger partial charge in [0.1, 0.15) is 17.4 Å². The molecule has 0 atom stereocenters. The Balaban J connectivity index is 2.56. The number of ether oxygens (including phenoxy) is 1. The summed E-state index contributed by atoms with van der Waals surface area (Å²) in [5, 5.41) is 18.5. The molecule has 7 nitrogen and oxygen atoms in total. The van der Waals surface area contributed by atoms with Crippen LogP contribution in [0.1, 0.15) is 20.8 Å². The molecule has 0 spiro atoms. The van der Waals surface area contributed by atoms with Crippen molar-refractivity contribution < 1.29 is 24.7 Å². The topological polar surface area (TPSA) is 107 Å². The molecule has 0 aromatic heterocycles. The van der Waals surface area contributed by atoms with Crippen molar-refractivity contribution in [1.29, 1.82) is 5.41 Å². The van der Waals surface area contributed by atoms with Crippen molar-refractivity contribution in [2.24, 2.45) is 5.92 Å². The second-order valence-corrected chi connectivity index (χ2v) is 5.71. The Morgan fingerprint density at radius 3 is 2.35 bits per heavy atom. The highest BCUT2D eigenvalue weighted by Gasteiger charge is 2.38. The van der Waals surface area contributed by atoms with Gasteiger partial charge < -0.3 is 25.5 Å². The van der Waals surface area contributed by atoms with Gasteiger partial charge in [0.15, 0.2) is 0 Å². The van der Waals surface area contributed by atoms with Gasteiger partial charge in [-0.15, -0.1) is 0 Å². The molecule has 0 aromatic rings. The van der Waals surface area contributed by atoms with E-state index < -0.39 is 17.7 Å². The normalized spacial score (nSPS) is 16.6. The molecule has 1 fully saturated rings. The molecular formula is C13H22N3O4+. The first-order valence-electron chi connectivity index (χ1n) is 6.45. The lowest BCUT2D eigenvalue weighted by Gasteiger charge is -2.39. The van der Waals surface area contributed by atoms with Crippen molar-refractivity contribution >= 4 is 17.8 Å². The number of nitrogens with zero attached hydrogens (tertiary/aromatic N) is 1. The van der Waals surface area contributed by atoms with E-state index in [-0.39, 0.29) is 17.2 Å². The van der Waals surface area contributed by atoms with Gasteiger partial charge >= 0.3 is 12.1 Å². The van der Waals surface area contributed by atoms with Gasteiger partial charge in [0.05, 0.1) is 12.8 Å². The van der Waals surface area contributed by atoms with E-state index in [0.29, 0.717) is 13.1 Å². The van der Waals surface area contributed by atoms with Gasteiger partial charge in [0.2, 0.25) is 0 Å². The van der Waals surface area contributed by atoms with Gasteiger partial charge in [-0.1, -0.05) is 0 Å². The lowest BCUT2D eigenvalue weighted by atomic mass is 9.90. The highest BCUT2D eigenvalue weighted by atomic mass is 16.6. The van der Waals surface area contributed by atoms with Crippen molar-refractivity contribution in [2.75, 3.05) is 20.1 Å². The lowest BCUT2D eigenvalue weighted by Crippen LogP contribution is -2.73. The predicted molar refractivity (Wildman–Crippen MR) is 72.6 cm³/mol. The third kappa shape index (κ3) is 4.06. The molecule has 7 heteroatoms. The zero-order valence-electron chi connectivity index (χ0n) is 12.3. The average Bonchev–Trinajstić information content (AvgIpc) is 2.20. The van der Waals surface area contributed by atoms with Crippen LogP contribution in [0.3, 0.4) is 0 Å². The van der Waals surface area contributed by atoms with Crippen LogP contribution in [0.4, 0.5) is 4.79 Å². The fraction of sp³-hybridized carbons (Fsp3) is 0.615. The summed E-state index contributed by atoms with van der Waals surface area (Å²) in [5.74, 6) is -1.37. The van der Waals surface area contributed by atoms with E-state index in [1.807, 2.05) is 0 Å². The molecule has 1 aliphatic rings. The maximum absolute atomic E-state index is 11.7. The molecule has 1 amide bonds. The van der Waals surface area contributed by atoms with Crippen molar-refractivity contribution in [2.45, 2.75) is 26.4 Å². The lowest BCUT2D eigenvalue weighted by molar-refractivity contribution is -0.556. The van der Waals surface area contributed by atoms with Crippen LogP contribution in [0, 0.1) is 11.3 Å². The van der Waals surface area contributed by atoms with E-state index in [1.165, 1.54) is 11.1 Å². The van der Waals surface area contributed by atoms with Crippen molar-refractivity contribution in [3.63, 3.8) is 0 Å². The molecule has 112 valence electrons. The predicted octanol–water partition coefficient (Wildman–Crippen LogP) is 0.0348. The zero-order valence-corrected chi connectivity index (χ0v) is 12.3. The Morgan fingerprint density at radius 1 is 1.40 bits per heavy atom. The first kappa shape index (κ1) is 16.2. The Morgan fingerprint density at radius 2 is 1.95 bits per heavy atom. The Kier molecular flexibility index (Phi) is 4.88. The van der Waals surface area contributed by atoms with E-state index in [4.69, 9.17) is 15.3 Å². The molecule has 20 heavy (non-hydrogen) atoms. The number of aliphatic carboxylic acids is 1. The highest BCUT2D eigenvalue weighted by molar-refractivity contribution is 6.19. The SMILES string of the molecule is C[NH2+]/C=C(\C(=N)C1CN(C(=O)OC(C)(C)C)C1)C(=O)O. The van der Waals surface area contributed by atoms with Gasteiger partial charge in [0, 0.05) is 19.0 Å². The fourth-order valence-corrected chi connectivity index (χ4v) is 1.80. The number of quaternary nitrogens is 1. The standard InChI is InChI=1S/C13H21N3O4/c1-13(2,3)20-12(19)16-6-8(7-16)10(14)9(5-15-4)11(17)18/h5,8,14-15H,6-7H2,1-4H3,(H,17,18)/p+1/b9-5+,14-10?. The molecule has 0 bridgehead atoms. The molecule has 1 heterocycles. The van der Waals surface area contributed by atoms with Crippen LogP contribution in [-0.2, 0) is 9.53 Å². The minimum absolute atomic E-state index is 0.0265. The average molecular weight is 284 g/mol. The summed E-state index contributed by atoms with van der Waals surface area (Å²) < 4.78 is 5.20. The van der Waals surface area contributed by atoms with E-state index in [0.717, 1.165) is 0 Å². The van der Waals surface area contributed by atoms with Crippen molar-refractivity contribution in [1.82, 2.24) is 4.90 Å². The number of hydrogen-bond acceptors (Lipinski definition) is 4. The van der Waals surface area contributed by atoms with Crippen LogP contribution in [-0.4, -0.2) is 53.5 Å². The van der Waals surface area contributed by atoms with Crippen LogP contribution in [0.2, 0.25) is 0 Å². The number of rotatable bonds is 4. The molecule has 0 aliphatic carbocycles. The number of carboxylic acid groups (broad SMARTS) is 1. The third-order valence-corrected chi connectivity index (χ3v) is 2.80. The van der Waals surface area contributed by atoms with Gasteiger partial charge in [0.25, 0.3) is 0 Å². The van der Waals surface area contributed by atoms with Crippen molar-refractivity contribution in [3.8, 4) is 0 Å². The molecule has 0 aromatic carbocycles. The minimum atomic E-state index is -1.12. The Hall–Kier alpha value is -1.89. The summed E-state index contributed by atoms with van der Waals surface area (Å²) in [7, 11) is 1.70. The molecule has 1 rings (SSSR count). The molecule has 0 unspecified atom stereocenters. The molecule has 1 saturated heterocycles. The summed E-state index contributed by atoms with van der Waals surface area (Å²) in [4.78, 5) is 24.3. The largest absolute Gasteiger partial charge is 0.477 e. The van der Waals surface area contributed by atoms with Gasteiger partial charge in [-0.05, 0) is 20.8 Å². The van der Waals surface area contributed by atoms with Crippen LogP contribution >= 0.6 is 0 Å². The first-order valence-corrected chi connectivity index (χ1v) is 6.45. The molecule has 1 aliphatic heterocycles. The summed E-state index contributed by atoms with van der Waals surface area (Å²) in [6.45, 7) is 6.00. The number of hydrogen-bond donors (Lipinski definition) is 3. The summed E-state index contributed by atoms with van der Waals surface area (Å²) >= 11 is 0. The fourth-order valence-electron chi connectivity index (χ4n) is 1.80. The van der Waals surface area contributed by atoms with Crippen LogP contribution in [0.15, 0.2) is 11.8 Å². The van der Waals surface area contributed by atoms with Crippen LogP contribution in [0.5, 0.6) is 0 Å². The monoisotopic (exact) mass is 284 g/mol. The second-order valence-electron chi connectivity index (χ2n) is 5.71. The van der Waals surface area contributed by atoms with Gasteiger partial charge in [-0.2, -0.15) is 0 Å². The van der Waals surface area contributed by atoms with Crippen molar-refractivity contribution in [3.05, 3.63) is 11.8 Å². The number of likely N-dealkylation sites (tertiary alicyclic amines) is 1. The van der Waals surface area contributed by atoms with E-state index in [1.54, 1.807) is 33.1 Å². The highest BCUT2D eigenvalue weighted by Crippen LogP contribution is 2.22. The minimum Gasteiger partial charge on any atom is -0.477 e. The summed E-state index contributed by atoms with van der Waals surface area (Å²) in [6.07, 6.45) is 0.977. The number of carboxylic acids is 1. The first-order chi connectivity index (χ1) is 9.15. The Labute approximate surface area is 118 Å². The molecular weight excluding hydrogens is 262 g/mol. The number of amides is 1. The number of nitrogens with two attached hydrogens (primary N) is 1. The van der Waals surface area contributed by atoms with Crippen LogP contribution < -0.4 is 5.32 Å². The Bertz CT molecular complexity index is 445. The number of carbonyl (C=O) groups excluding carboxylic acids is 1. The van der Waals surface area contributed by atoms with E-state index in [9.17, 15) is 9.59 Å². The van der Waals surface area contributed by atoms with E-state index in [2.05, 4.69) is 0 Å². The van der Waals surface area contributed by atoms with Crippen LogP contribution in [0.25, 0.3) is 0 Å². The molecule has 4 N–H and O–H groups in total. The third-order valence-electron chi connectivity index (χ3n) is 2.80. The maximum atomic E-state index is 11.7. The molecule has 0 saturated carbocycles. The number of nitrogens with one attached hydrogen (secondary N) is 1. The molecule has 0 radical (unpaired) electrons. The summed E-state index contributed by atoms with van der Waals surface area (Å²) in [5.41, 5.74) is -0.532. The smallest absolute Gasteiger partial charge is 0.410 e. The zero-order chi connectivity index (χ0) is 15.5. The second kappa shape index (κ2) is 6.04. The maximum Gasteiger partial charge on any atom is 0.410 e.